The fourth-order valence-corrected chi connectivity index (χ4v) is 3.26. The molecule has 0 saturated carbocycles. The van der Waals surface area contributed by atoms with E-state index in [0.29, 0.717) is 5.02 Å². The Morgan fingerprint density at radius 1 is 1.12 bits per heavy atom. The van der Waals surface area contributed by atoms with Crippen molar-refractivity contribution in [3.8, 4) is 0 Å². The number of carbonyl (C=O) groups excluding carboxylic acids is 1. The van der Waals surface area contributed by atoms with Crippen LogP contribution in [-0.4, -0.2) is 10.9 Å². The fraction of sp³-hybridized carbons (Fsp3) is 0.158. The van der Waals surface area contributed by atoms with E-state index in [9.17, 15) is 4.79 Å². The number of nitrogens with zero attached hydrogens (tertiary/aromatic N) is 1. The van der Waals surface area contributed by atoms with Crippen LogP contribution in [0.4, 0.5) is 0 Å². The molecule has 1 unspecified atom stereocenters. The molecule has 3 aromatic rings. The summed E-state index contributed by atoms with van der Waals surface area (Å²) in [6, 6.07) is 17.2. The Kier molecular flexibility index (Phi) is 5.28. The molecule has 24 heavy (non-hydrogen) atoms. The predicted molar refractivity (Wildman–Crippen MR) is 98.4 cm³/mol. The van der Waals surface area contributed by atoms with E-state index in [4.69, 9.17) is 11.6 Å². The molecule has 3 rings (SSSR count). The highest BCUT2D eigenvalue weighted by molar-refractivity contribution is 7.09. The van der Waals surface area contributed by atoms with Gasteiger partial charge in [0.1, 0.15) is 0 Å². The van der Waals surface area contributed by atoms with Gasteiger partial charge in [-0.2, -0.15) is 0 Å². The minimum atomic E-state index is -0.212. The second-order valence-electron chi connectivity index (χ2n) is 5.50. The zero-order chi connectivity index (χ0) is 16.9. The lowest BCUT2D eigenvalue weighted by atomic mass is 9.98. The van der Waals surface area contributed by atoms with Crippen molar-refractivity contribution in [1.29, 1.82) is 0 Å². The Morgan fingerprint density at radius 3 is 2.42 bits per heavy atom. The molecule has 0 saturated heterocycles. The molecule has 0 aliphatic rings. The lowest BCUT2D eigenvalue weighted by Crippen LogP contribution is -2.30. The van der Waals surface area contributed by atoms with Crippen LogP contribution in [0.3, 0.4) is 0 Å². The van der Waals surface area contributed by atoms with E-state index in [2.05, 4.69) is 10.3 Å². The molecule has 122 valence electrons. The molecule has 0 bridgehead atoms. The van der Waals surface area contributed by atoms with Crippen LogP contribution in [0.25, 0.3) is 0 Å². The Hall–Kier alpha value is -2.17. The summed E-state index contributed by atoms with van der Waals surface area (Å²) in [5.74, 6) is -0.0518. The number of hydrogen-bond acceptors (Lipinski definition) is 3. The maximum Gasteiger partial charge on any atom is 0.226 e. The van der Waals surface area contributed by atoms with Crippen molar-refractivity contribution < 1.29 is 4.79 Å². The third-order valence-corrected chi connectivity index (χ3v) is 4.72. The van der Waals surface area contributed by atoms with Gasteiger partial charge in [0.05, 0.1) is 23.2 Å². The standard InChI is InChI=1S/C19H17ClN2OS/c1-13-21-17(12-24-13)11-18(23)22-19(14-5-3-2-4-6-14)15-7-9-16(20)10-8-15/h2-10,12,19H,11H2,1H3,(H,22,23). The molecule has 0 radical (unpaired) electrons. The molecule has 1 atom stereocenters. The highest BCUT2D eigenvalue weighted by Gasteiger charge is 2.17. The van der Waals surface area contributed by atoms with Gasteiger partial charge in [0.2, 0.25) is 5.91 Å². The molecular weight excluding hydrogens is 340 g/mol. The van der Waals surface area contributed by atoms with Gasteiger partial charge < -0.3 is 5.32 Å². The Morgan fingerprint density at radius 2 is 1.79 bits per heavy atom. The minimum Gasteiger partial charge on any atom is -0.345 e. The van der Waals surface area contributed by atoms with E-state index in [0.717, 1.165) is 21.8 Å². The summed E-state index contributed by atoms with van der Waals surface area (Å²) in [7, 11) is 0. The lowest BCUT2D eigenvalue weighted by Gasteiger charge is -2.20. The first-order valence-corrected chi connectivity index (χ1v) is 8.88. The summed E-state index contributed by atoms with van der Waals surface area (Å²) in [6.45, 7) is 1.94. The van der Waals surface area contributed by atoms with Crippen molar-refractivity contribution >= 4 is 28.8 Å². The summed E-state index contributed by atoms with van der Waals surface area (Å²) in [4.78, 5) is 16.8. The first kappa shape index (κ1) is 16.7. The predicted octanol–water partition coefficient (Wildman–Crippen LogP) is 4.55. The number of aromatic nitrogens is 1. The second kappa shape index (κ2) is 7.60. The SMILES string of the molecule is Cc1nc(CC(=O)NC(c2ccccc2)c2ccc(Cl)cc2)cs1. The van der Waals surface area contributed by atoms with Gasteiger partial charge in [-0.05, 0) is 30.2 Å². The lowest BCUT2D eigenvalue weighted by molar-refractivity contribution is -0.121. The largest absolute Gasteiger partial charge is 0.345 e. The van der Waals surface area contributed by atoms with Crippen LogP contribution >= 0.6 is 22.9 Å². The number of nitrogens with one attached hydrogen (secondary N) is 1. The highest BCUT2D eigenvalue weighted by atomic mass is 35.5. The van der Waals surface area contributed by atoms with Crippen molar-refractivity contribution in [2.45, 2.75) is 19.4 Å². The molecule has 5 heteroatoms. The number of thiazole rings is 1. The Bertz CT molecular complexity index is 815. The summed E-state index contributed by atoms with van der Waals surface area (Å²) in [5.41, 5.74) is 2.83. The first-order valence-electron chi connectivity index (χ1n) is 7.62. The number of rotatable bonds is 5. The summed E-state index contributed by atoms with van der Waals surface area (Å²) < 4.78 is 0. The molecule has 1 aromatic heterocycles. The van der Waals surface area contributed by atoms with Crippen LogP contribution in [0.15, 0.2) is 60.0 Å². The van der Waals surface area contributed by atoms with Gasteiger partial charge in [0, 0.05) is 10.4 Å². The van der Waals surface area contributed by atoms with Crippen LogP contribution in [0, 0.1) is 6.92 Å². The van der Waals surface area contributed by atoms with Crippen LogP contribution in [-0.2, 0) is 11.2 Å². The zero-order valence-corrected chi connectivity index (χ0v) is 14.8. The van der Waals surface area contributed by atoms with Gasteiger partial charge in [-0.1, -0.05) is 54.1 Å². The molecule has 0 aliphatic heterocycles. The fourth-order valence-electron chi connectivity index (χ4n) is 2.53. The van der Waals surface area contributed by atoms with Gasteiger partial charge in [0.15, 0.2) is 0 Å². The van der Waals surface area contributed by atoms with Crippen LogP contribution < -0.4 is 5.32 Å². The van der Waals surface area contributed by atoms with Gasteiger partial charge >= 0.3 is 0 Å². The third kappa shape index (κ3) is 4.22. The topological polar surface area (TPSA) is 42.0 Å². The Balaban J connectivity index is 1.82. The van der Waals surface area contributed by atoms with Gasteiger partial charge in [-0.3, -0.25) is 4.79 Å². The second-order valence-corrected chi connectivity index (χ2v) is 7.00. The molecule has 1 amide bonds. The average Bonchev–Trinajstić information content (AvgIpc) is 2.99. The van der Waals surface area contributed by atoms with E-state index in [1.807, 2.05) is 66.9 Å². The molecule has 0 aliphatic carbocycles. The Labute approximate surface area is 150 Å². The smallest absolute Gasteiger partial charge is 0.226 e. The van der Waals surface area contributed by atoms with E-state index in [-0.39, 0.29) is 18.4 Å². The molecule has 3 nitrogen and oxygen atoms in total. The number of carbonyl (C=O) groups is 1. The van der Waals surface area contributed by atoms with Crippen LogP contribution in [0.5, 0.6) is 0 Å². The average molecular weight is 357 g/mol. The summed E-state index contributed by atoms with van der Waals surface area (Å²) in [5, 5.41) is 6.68. The number of halogens is 1. The summed E-state index contributed by atoms with van der Waals surface area (Å²) >= 11 is 7.54. The summed E-state index contributed by atoms with van der Waals surface area (Å²) in [6.07, 6.45) is 0.279. The van der Waals surface area contributed by atoms with Crippen molar-refractivity contribution in [3.63, 3.8) is 0 Å². The maximum absolute atomic E-state index is 12.5. The molecule has 1 heterocycles. The van der Waals surface area contributed by atoms with Crippen molar-refractivity contribution in [2.24, 2.45) is 0 Å². The van der Waals surface area contributed by atoms with Crippen molar-refractivity contribution in [2.75, 3.05) is 0 Å². The number of hydrogen-bond donors (Lipinski definition) is 1. The number of aryl methyl sites for hydroxylation is 1. The number of amides is 1. The maximum atomic E-state index is 12.5. The quantitative estimate of drug-likeness (QED) is 0.728. The molecular formula is C19H17ClN2OS. The van der Waals surface area contributed by atoms with Crippen molar-refractivity contribution in [3.05, 3.63) is 86.8 Å². The van der Waals surface area contributed by atoms with Gasteiger partial charge in [-0.25, -0.2) is 4.98 Å². The molecule has 1 N–H and O–H groups in total. The first-order chi connectivity index (χ1) is 11.6. The van der Waals surface area contributed by atoms with E-state index < -0.39 is 0 Å². The van der Waals surface area contributed by atoms with E-state index in [1.165, 1.54) is 0 Å². The normalized spacial score (nSPS) is 11.9. The zero-order valence-electron chi connectivity index (χ0n) is 13.2. The van der Waals surface area contributed by atoms with Crippen molar-refractivity contribution in [1.82, 2.24) is 10.3 Å². The van der Waals surface area contributed by atoms with E-state index in [1.54, 1.807) is 11.3 Å². The van der Waals surface area contributed by atoms with Gasteiger partial charge in [-0.15, -0.1) is 11.3 Å². The van der Waals surface area contributed by atoms with E-state index >= 15 is 0 Å². The molecule has 2 aromatic carbocycles. The monoisotopic (exact) mass is 356 g/mol. The molecule has 0 fully saturated rings. The number of benzene rings is 2. The minimum absolute atomic E-state index is 0.0518. The van der Waals surface area contributed by atoms with Gasteiger partial charge in [0.25, 0.3) is 0 Å². The highest BCUT2D eigenvalue weighted by Crippen LogP contribution is 2.23. The molecule has 0 spiro atoms. The van der Waals surface area contributed by atoms with Crippen LogP contribution in [0.1, 0.15) is 27.9 Å². The third-order valence-electron chi connectivity index (χ3n) is 3.65. The van der Waals surface area contributed by atoms with Crippen LogP contribution in [0.2, 0.25) is 5.02 Å².